The van der Waals surface area contributed by atoms with E-state index in [-0.39, 0.29) is 5.56 Å². The molecule has 190 valence electrons. The first-order valence-corrected chi connectivity index (χ1v) is 13.4. The largest absolute Gasteiger partial charge is 0.370 e. The number of aryl methyl sites for hydroxylation is 3. The normalized spacial score (nSPS) is 14.3. The van der Waals surface area contributed by atoms with Crippen LogP contribution < -0.4 is 15.8 Å². The minimum atomic E-state index is -0.0268. The Bertz CT molecular complexity index is 1170. The number of nitrogens with zero attached hydrogens (tertiary/aromatic N) is 3. The predicted octanol–water partition coefficient (Wildman–Crippen LogP) is 6.17. The highest BCUT2D eigenvalue weighted by molar-refractivity contribution is 5.66. The molecular weight excluding hydrogens is 432 g/mol. The Kier molecular flexibility index (Phi) is 9.50. The summed E-state index contributed by atoms with van der Waals surface area (Å²) in [4.78, 5) is 20.3. The van der Waals surface area contributed by atoms with Crippen molar-refractivity contribution in [2.45, 2.75) is 80.2 Å². The van der Waals surface area contributed by atoms with E-state index in [1.807, 2.05) is 13.1 Å². The van der Waals surface area contributed by atoms with Gasteiger partial charge in [-0.1, -0.05) is 53.2 Å². The molecule has 2 aromatic heterocycles. The summed E-state index contributed by atoms with van der Waals surface area (Å²) in [6, 6.07) is 10.8. The second-order valence-corrected chi connectivity index (χ2v) is 10.2. The third-order valence-corrected chi connectivity index (χ3v) is 7.13. The lowest BCUT2D eigenvalue weighted by Gasteiger charge is -2.34. The van der Waals surface area contributed by atoms with E-state index in [0.717, 1.165) is 73.0 Å². The van der Waals surface area contributed by atoms with E-state index in [1.54, 1.807) is 10.5 Å². The first-order valence-electron chi connectivity index (χ1n) is 13.4. The Morgan fingerprint density at radius 1 is 1.03 bits per heavy atom. The van der Waals surface area contributed by atoms with E-state index in [1.165, 1.54) is 17.5 Å². The van der Waals surface area contributed by atoms with Gasteiger partial charge in [-0.25, -0.2) is 4.98 Å². The molecule has 4 rings (SSSR count). The molecule has 1 saturated heterocycles. The van der Waals surface area contributed by atoms with Gasteiger partial charge in [0.15, 0.2) is 0 Å². The van der Waals surface area contributed by atoms with Crippen molar-refractivity contribution in [1.29, 1.82) is 0 Å². The Morgan fingerprint density at radius 3 is 2.31 bits per heavy atom. The third-order valence-electron chi connectivity index (χ3n) is 7.13. The highest BCUT2D eigenvalue weighted by Crippen LogP contribution is 2.25. The minimum absolute atomic E-state index is 0.0268. The van der Waals surface area contributed by atoms with Crippen LogP contribution in [0.4, 0.5) is 5.69 Å². The van der Waals surface area contributed by atoms with Crippen LogP contribution in [0.15, 0.2) is 41.3 Å². The van der Waals surface area contributed by atoms with Crippen molar-refractivity contribution in [2.75, 3.05) is 24.5 Å². The summed E-state index contributed by atoms with van der Waals surface area (Å²) in [6.45, 7) is 18.2. The van der Waals surface area contributed by atoms with Gasteiger partial charge < -0.3 is 10.2 Å². The van der Waals surface area contributed by atoms with Gasteiger partial charge in [0.2, 0.25) is 0 Å². The SMILES string of the molecule is CCC(C)C.CCNC1CCN(c2cc(C)c3nc(-c4ccc(C)c(CC)c4)cc(=O)n3c2)CC1. The number of nitrogens with one attached hydrogen (secondary N) is 1. The Labute approximate surface area is 211 Å². The standard InChI is InChI=1S/C25H32N4O.C5H12/c1-5-19-14-20(8-7-17(19)3)23-15-24(30)29-16-22(13-18(4)25(29)27-23)28-11-9-21(10-12-28)26-6-2;1-4-5(2)3/h7-8,13-16,21,26H,5-6,9-12H2,1-4H3;5H,4H2,1-3H3. The Hall–Kier alpha value is -2.66. The van der Waals surface area contributed by atoms with Crippen LogP contribution in [0.2, 0.25) is 0 Å². The van der Waals surface area contributed by atoms with E-state index in [4.69, 9.17) is 4.98 Å². The maximum absolute atomic E-state index is 13.0. The van der Waals surface area contributed by atoms with Crippen molar-refractivity contribution in [3.8, 4) is 11.3 Å². The average Bonchev–Trinajstić information content (AvgIpc) is 2.85. The van der Waals surface area contributed by atoms with Crippen LogP contribution in [0.5, 0.6) is 0 Å². The summed E-state index contributed by atoms with van der Waals surface area (Å²) >= 11 is 0. The van der Waals surface area contributed by atoms with Crippen LogP contribution in [-0.2, 0) is 6.42 Å². The van der Waals surface area contributed by atoms with Gasteiger partial charge in [-0.15, -0.1) is 0 Å². The molecule has 5 heteroatoms. The fraction of sp³-hybridized carbons (Fsp3) is 0.533. The fourth-order valence-electron chi connectivity index (χ4n) is 4.51. The summed E-state index contributed by atoms with van der Waals surface area (Å²) in [7, 11) is 0. The van der Waals surface area contributed by atoms with Gasteiger partial charge in [-0.05, 0) is 74.4 Å². The van der Waals surface area contributed by atoms with E-state index in [0.29, 0.717) is 6.04 Å². The van der Waals surface area contributed by atoms with Crippen molar-refractivity contribution in [1.82, 2.24) is 14.7 Å². The molecule has 0 radical (unpaired) electrons. The molecule has 35 heavy (non-hydrogen) atoms. The topological polar surface area (TPSA) is 49.6 Å². The van der Waals surface area contributed by atoms with Gasteiger partial charge in [0.25, 0.3) is 5.56 Å². The number of hydrogen-bond donors (Lipinski definition) is 1. The van der Waals surface area contributed by atoms with Crippen LogP contribution in [0.25, 0.3) is 16.9 Å². The lowest BCUT2D eigenvalue weighted by atomic mass is 10.0. The molecule has 0 spiro atoms. The molecule has 5 nitrogen and oxygen atoms in total. The first kappa shape index (κ1) is 26.9. The van der Waals surface area contributed by atoms with Crippen LogP contribution >= 0.6 is 0 Å². The summed E-state index contributed by atoms with van der Waals surface area (Å²) < 4.78 is 1.71. The number of rotatable bonds is 6. The van der Waals surface area contributed by atoms with Crippen LogP contribution in [0, 0.1) is 19.8 Å². The molecule has 1 N–H and O–H groups in total. The van der Waals surface area contributed by atoms with Gasteiger partial charge >= 0.3 is 0 Å². The van der Waals surface area contributed by atoms with E-state index >= 15 is 0 Å². The maximum atomic E-state index is 13.0. The van der Waals surface area contributed by atoms with Crippen LogP contribution in [0.1, 0.15) is 70.6 Å². The lowest BCUT2D eigenvalue weighted by molar-refractivity contribution is 0.423. The second-order valence-electron chi connectivity index (χ2n) is 10.2. The number of hydrogen-bond acceptors (Lipinski definition) is 4. The average molecular weight is 477 g/mol. The fourth-order valence-corrected chi connectivity index (χ4v) is 4.51. The van der Waals surface area contributed by atoms with Crippen LogP contribution in [-0.4, -0.2) is 35.1 Å². The monoisotopic (exact) mass is 476 g/mol. The van der Waals surface area contributed by atoms with Crippen molar-refractivity contribution >= 4 is 11.3 Å². The number of pyridine rings is 1. The number of fused-ring (bicyclic) bond motifs is 1. The minimum Gasteiger partial charge on any atom is -0.370 e. The molecule has 1 aromatic carbocycles. The quantitative estimate of drug-likeness (QED) is 0.462. The molecule has 1 aliphatic heterocycles. The van der Waals surface area contributed by atoms with Crippen LogP contribution in [0.3, 0.4) is 0 Å². The smallest absolute Gasteiger partial charge is 0.258 e. The summed E-state index contributed by atoms with van der Waals surface area (Å²) in [5.74, 6) is 0.884. The molecule has 0 bridgehead atoms. The molecule has 0 saturated carbocycles. The van der Waals surface area contributed by atoms with Crippen molar-refractivity contribution in [3.05, 3.63) is 63.6 Å². The van der Waals surface area contributed by atoms with Gasteiger partial charge in [-0.2, -0.15) is 0 Å². The molecule has 0 atom stereocenters. The van der Waals surface area contributed by atoms with Gasteiger partial charge in [0.1, 0.15) is 5.65 Å². The molecule has 0 amide bonds. The van der Waals surface area contributed by atoms with E-state index in [9.17, 15) is 4.79 Å². The third kappa shape index (κ3) is 6.72. The van der Waals surface area contributed by atoms with Gasteiger partial charge in [0, 0.05) is 37.0 Å². The first-order chi connectivity index (χ1) is 16.8. The summed E-state index contributed by atoms with van der Waals surface area (Å²) in [5.41, 5.74) is 7.17. The van der Waals surface area contributed by atoms with Gasteiger partial charge in [0.05, 0.1) is 11.4 Å². The van der Waals surface area contributed by atoms with Crippen molar-refractivity contribution < 1.29 is 0 Å². The number of aromatic nitrogens is 2. The molecular formula is C30H44N4O. The summed E-state index contributed by atoms with van der Waals surface area (Å²) in [6.07, 6.45) is 6.50. The van der Waals surface area contributed by atoms with E-state index in [2.05, 4.69) is 76.0 Å². The molecule has 1 fully saturated rings. The molecule has 0 unspecified atom stereocenters. The van der Waals surface area contributed by atoms with Crippen molar-refractivity contribution in [2.24, 2.45) is 5.92 Å². The zero-order chi connectivity index (χ0) is 25.5. The second kappa shape index (κ2) is 12.3. The van der Waals surface area contributed by atoms with E-state index < -0.39 is 0 Å². The molecule has 0 aliphatic carbocycles. The lowest BCUT2D eigenvalue weighted by Crippen LogP contribution is -2.42. The molecule has 3 aromatic rings. The predicted molar refractivity (Wildman–Crippen MR) is 150 cm³/mol. The number of piperidine rings is 1. The van der Waals surface area contributed by atoms with Gasteiger partial charge in [-0.3, -0.25) is 9.20 Å². The number of anilines is 1. The molecule has 3 heterocycles. The zero-order valence-corrected chi connectivity index (χ0v) is 22.8. The Morgan fingerprint density at radius 2 is 1.71 bits per heavy atom. The number of benzene rings is 1. The van der Waals surface area contributed by atoms with Crippen molar-refractivity contribution in [3.63, 3.8) is 0 Å². The Balaban J connectivity index is 0.000000623. The zero-order valence-electron chi connectivity index (χ0n) is 22.8. The maximum Gasteiger partial charge on any atom is 0.258 e. The summed E-state index contributed by atoms with van der Waals surface area (Å²) in [5, 5.41) is 3.55. The highest BCUT2D eigenvalue weighted by Gasteiger charge is 2.20. The molecule has 1 aliphatic rings. The highest BCUT2D eigenvalue weighted by atomic mass is 16.1.